The molecule has 1 heterocycles. The molecule has 1 aliphatic rings. The third-order valence-corrected chi connectivity index (χ3v) is 2.59. The van der Waals surface area contributed by atoms with Crippen LogP contribution in [0.3, 0.4) is 0 Å². The minimum absolute atomic E-state index is 0.118. The molecule has 0 saturated carbocycles. The number of piperidine rings is 1. The molecule has 0 amide bonds. The molecule has 0 spiro atoms. The van der Waals surface area contributed by atoms with E-state index in [-0.39, 0.29) is 11.6 Å². The second-order valence-corrected chi connectivity index (χ2v) is 5.07. The first-order valence-electron chi connectivity index (χ1n) is 4.82. The van der Waals surface area contributed by atoms with Gasteiger partial charge in [0.2, 0.25) is 0 Å². The van der Waals surface area contributed by atoms with Crippen LogP contribution in [-0.4, -0.2) is 34.7 Å². The van der Waals surface area contributed by atoms with Gasteiger partial charge in [0, 0.05) is 18.6 Å². The lowest BCUT2D eigenvalue weighted by atomic mass is 9.93. The Morgan fingerprint density at radius 1 is 1.25 bits per heavy atom. The summed E-state index contributed by atoms with van der Waals surface area (Å²) in [6.45, 7) is 10.8. The number of likely N-dealkylation sites (tertiary alicyclic amines) is 1. The van der Waals surface area contributed by atoms with Gasteiger partial charge in [0.15, 0.2) is 0 Å². The number of hydrogen-bond donors (Lipinski definition) is 1. The van der Waals surface area contributed by atoms with E-state index >= 15 is 0 Å². The Labute approximate surface area is 75.6 Å². The lowest BCUT2D eigenvalue weighted by Crippen LogP contribution is -2.51. The monoisotopic (exact) mass is 171 g/mol. The molecule has 0 aromatic carbocycles. The van der Waals surface area contributed by atoms with Gasteiger partial charge in [-0.2, -0.15) is 0 Å². The van der Waals surface area contributed by atoms with E-state index in [1.165, 1.54) is 0 Å². The summed E-state index contributed by atoms with van der Waals surface area (Å²) >= 11 is 0. The maximum atomic E-state index is 9.57. The number of aliphatic hydroxyl groups excluding tert-OH is 1. The van der Waals surface area contributed by atoms with Crippen LogP contribution in [0.25, 0.3) is 0 Å². The van der Waals surface area contributed by atoms with Gasteiger partial charge >= 0.3 is 0 Å². The van der Waals surface area contributed by atoms with Crippen molar-refractivity contribution in [2.24, 2.45) is 5.92 Å². The molecule has 0 aromatic heterocycles. The van der Waals surface area contributed by atoms with Crippen molar-refractivity contribution in [1.29, 1.82) is 0 Å². The fourth-order valence-electron chi connectivity index (χ4n) is 1.87. The molecule has 0 bridgehead atoms. The molecule has 1 rings (SSSR count). The Bertz CT molecular complexity index is 140. The van der Waals surface area contributed by atoms with E-state index in [1.54, 1.807) is 0 Å². The Kier molecular flexibility index (Phi) is 2.79. The molecule has 1 fully saturated rings. The van der Waals surface area contributed by atoms with Crippen LogP contribution in [0.15, 0.2) is 0 Å². The van der Waals surface area contributed by atoms with Gasteiger partial charge in [-0.3, -0.25) is 4.90 Å². The molecule has 2 atom stereocenters. The molecule has 0 aliphatic carbocycles. The zero-order chi connectivity index (χ0) is 9.35. The van der Waals surface area contributed by atoms with Crippen molar-refractivity contribution in [2.75, 3.05) is 13.1 Å². The Morgan fingerprint density at radius 2 is 1.83 bits per heavy atom. The lowest BCUT2D eigenvalue weighted by Gasteiger charge is -2.42. The molecular weight excluding hydrogens is 150 g/mol. The Hall–Kier alpha value is -0.0800. The third-order valence-electron chi connectivity index (χ3n) is 2.59. The van der Waals surface area contributed by atoms with Crippen LogP contribution in [-0.2, 0) is 0 Å². The highest BCUT2D eigenvalue weighted by molar-refractivity contribution is 4.84. The van der Waals surface area contributed by atoms with Crippen molar-refractivity contribution in [3.63, 3.8) is 0 Å². The Morgan fingerprint density at radius 3 is 2.25 bits per heavy atom. The average molecular weight is 171 g/mol. The van der Waals surface area contributed by atoms with E-state index in [2.05, 4.69) is 32.6 Å². The molecule has 72 valence electrons. The standard InChI is InChI=1S/C10H21NO/c1-8-5-9(12)7-11(6-8)10(2,3)4/h8-9,12H,5-7H2,1-4H3/t8-,9+/m0/s1. The number of nitrogens with zero attached hydrogens (tertiary/aromatic N) is 1. The molecule has 0 unspecified atom stereocenters. The lowest BCUT2D eigenvalue weighted by molar-refractivity contribution is -0.000328. The minimum atomic E-state index is -0.118. The van der Waals surface area contributed by atoms with E-state index in [4.69, 9.17) is 0 Å². The summed E-state index contributed by atoms with van der Waals surface area (Å²) in [5.74, 6) is 0.632. The van der Waals surface area contributed by atoms with Crippen LogP contribution in [0.5, 0.6) is 0 Å². The number of β-amino-alcohol motifs (C(OH)–C–C–N with tert-alkyl or cyclic N) is 1. The van der Waals surface area contributed by atoms with E-state index < -0.39 is 0 Å². The van der Waals surface area contributed by atoms with E-state index in [0.29, 0.717) is 5.92 Å². The zero-order valence-electron chi connectivity index (χ0n) is 8.67. The SMILES string of the molecule is C[C@H]1C[C@@H](O)CN(C(C)(C)C)C1. The summed E-state index contributed by atoms with van der Waals surface area (Å²) < 4.78 is 0. The largest absolute Gasteiger partial charge is 0.392 e. The first-order valence-corrected chi connectivity index (χ1v) is 4.82. The van der Waals surface area contributed by atoms with E-state index in [9.17, 15) is 5.11 Å². The maximum Gasteiger partial charge on any atom is 0.0670 e. The number of hydrogen-bond acceptors (Lipinski definition) is 2. The minimum Gasteiger partial charge on any atom is -0.392 e. The Balaban J connectivity index is 2.55. The fraction of sp³-hybridized carbons (Fsp3) is 1.00. The molecule has 1 N–H and O–H groups in total. The van der Waals surface area contributed by atoms with Crippen molar-refractivity contribution >= 4 is 0 Å². The first-order chi connectivity index (χ1) is 5.39. The molecular formula is C10H21NO. The van der Waals surface area contributed by atoms with Crippen LogP contribution in [0, 0.1) is 5.92 Å². The third kappa shape index (κ3) is 2.46. The van der Waals surface area contributed by atoms with Gasteiger partial charge in [0.25, 0.3) is 0 Å². The van der Waals surface area contributed by atoms with Crippen molar-refractivity contribution in [2.45, 2.75) is 45.8 Å². The molecule has 0 radical (unpaired) electrons. The summed E-state index contributed by atoms with van der Waals surface area (Å²) in [6.07, 6.45) is 0.847. The highest BCUT2D eigenvalue weighted by Crippen LogP contribution is 2.23. The van der Waals surface area contributed by atoms with Crippen LogP contribution in [0.4, 0.5) is 0 Å². The normalized spacial score (nSPS) is 33.8. The zero-order valence-corrected chi connectivity index (χ0v) is 8.67. The highest BCUT2D eigenvalue weighted by Gasteiger charge is 2.29. The summed E-state index contributed by atoms with van der Waals surface area (Å²) in [6, 6.07) is 0. The number of rotatable bonds is 0. The van der Waals surface area contributed by atoms with Crippen molar-refractivity contribution < 1.29 is 5.11 Å². The summed E-state index contributed by atoms with van der Waals surface area (Å²) in [4.78, 5) is 2.37. The molecule has 12 heavy (non-hydrogen) atoms. The number of aliphatic hydroxyl groups is 1. The van der Waals surface area contributed by atoms with E-state index in [1.807, 2.05) is 0 Å². The van der Waals surface area contributed by atoms with Gasteiger partial charge in [-0.15, -0.1) is 0 Å². The van der Waals surface area contributed by atoms with Crippen molar-refractivity contribution in [3.8, 4) is 0 Å². The molecule has 1 saturated heterocycles. The van der Waals surface area contributed by atoms with E-state index in [0.717, 1.165) is 19.5 Å². The van der Waals surface area contributed by atoms with Crippen LogP contribution >= 0.6 is 0 Å². The second-order valence-electron chi connectivity index (χ2n) is 5.07. The van der Waals surface area contributed by atoms with Gasteiger partial charge in [-0.05, 0) is 33.1 Å². The van der Waals surface area contributed by atoms with Gasteiger partial charge in [0.1, 0.15) is 0 Å². The quantitative estimate of drug-likeness (QED) is 0.597. The highest BCUT2D eigenvalue weighted by atomic mass is 16.3. The van der Waals surface area contributed by atoms with Crippen molar-refractivity contribution in [1.82, 2.24) is 4.90 Å². The molecule has 1 aliphatic heterocycles. The van der Waals surface area contributed by atoms with Gasteiger partial charge in [0.05, 0.1) is 6.10 Å². The topological polar surface area (TPSA) is 23.5 Å². The van der Waals surface area contributed by atoms with Gasteiger partial charge in [-0.1, -0.05) is 6.92 Å². The second kappa shape index (κ2) is 3.35. The predicted molar refractivity (Wildman–Crippen MR) is 51.1 cm³/mol. The fourth-order valence-corrected chi connectivity index (χ4v) is 1.87. The predicted octanol–water partition coefficient (Wildman–Crippen LogP) is 1.49. The van der Waals surface area contributed by atoms with Crippen molar-refractivity contribution in [3.05, 3.63) is 0 Å². The van der Waals surface area contributed by atoms with Crippen LogP contribution in [0.2, 0.25) is 0 Å². The summed E-state index contributed by atoms with van der Waals surface area (Å²) in [5, 5.41) is 9.57. The van der Waals surface area contributed by atoms with Gasteiger partial charge < -0.3 is 5.11 Å². The smallest absolute Gasteiger partial charge is 0.0670 e. The average Bonchev–Trinajstić information content (AvgIpc) is 1.82. The van der Waals surface area contributed by atoms with Crippen LogP contribution < -0.4 is 0 Å². The summed E-state index contributed by atoms with van der Waals surface area (Å²) in [7, 11) is 0. The molecule has 0 aromatic rings. The molecule has 2 nitrogen and oxygen atoms in total. The first kappa shape index (κ1) is 10.0. The van der Waals surface area contributed by atoms with Crippen LogP contribution in [0.1, 0.15) is 34.1 Å². The molecule has 2 heteroatoms. The van der Waals surface area contributed by atoms with Gasteiger partial charge in [-0.25, -0.2) is 0 Å². The maximum absolute atomic E-state index is 9.57. The summed E-state index contributed by atoms with van der Waals surface area (Å²) in [5.41, 5.74) is 0.204.